The molecule has 0 spiro atoms. The summed E-state index contributed by atoms with van der Waals surface area (Å²) in [5, 5.41) is 3.36. The van der Waals surface area contributed by atoms with Crippen LogP contribution in [0.4, 0.5) is 4.39 Å². The topological polar surface area (TPSA) is 33.6 Å². The largest absolute Gasteiger partial charge is 0.478 e. The molecule has 3 rings (SSSR count). The molecule has 0 bridgehead atoms. The molecule has 0 saturated carbocycles. The molecule has 0 aliphatic carbocycles. The summed E-state index contributed by atoms with van der Waals surface area (Å²) in [7, 11) is 0. The SMILES string of the molecule is Fc1ccccc1CC1COC(C2CCCNC2)=N1. The van der Waals surface area contributed by atoms with Crippen molar-refractivity contribution in [3.8, 4) is 0 Å². The first-order valence-electron chi connectivity index (χ1n) is 6.97. The zero-order valence-electron chi connectivity index (χ0n) is 10.9. The van der Waals surface area contributed by atoms with E-state index >= 15 is 0 Å². The van der Waals surface area contributed by atoms with E-state index in [-0.39, 0.29) is 11.9 Å². The molecule has 0 amide bonds. The quantitative estimate of drug-likeness (QED) is 0.905. The Balaban J connectivity index is 1.64. The van der Waals surface area contributed by atoms with Crippen LogP contribution >= 0.6 is 0 Å². The summed E-state index contributed by atoms with van der Waals surface area (Å²) in [4.78, 5) is 4.64. The average molecular weight is 262 g/mol. The third-order valence-corrected chi connectivity index (χ3v) is 3.79. The fraction of sp³-hybridized carbons (Fsp3) is 0.533. The first-order valence-corrected chi connectivity index (χ1v) is 6.97. The smallest absolute Gasteiger partial charge is 0.188 e. The van der Waals surface area contributed by atoms with Crippen molar-refractivity contribution in [1.82, 2.24) is 5.32 Å². The van der Waals surface area contributed by atoms with Crippen LogP contribution in [-0.2, 0) is 11.2 Å². The number of nitrogens with one attached hydrogen (secondary N) is 1. The number of halogens is 1. The van der Waals surface area contributed by atoms with E-state index in [4.69, 9.17) is 4.74 Å². The van der Waals surface area contributed by atoms with E-state index in [1.807, 2.05) is 12.1 Å². The van der Waals surface area contributed by atoms with Crippen molar-refractivity contribution in [2.75, 3.05) is 19.7 Å². The van der Waals surface area contributed by atoms with Gasteiger partial charge >= 0.3 is 0 Å². The van der Waals surface area contributed by atoms with E-state index in [1.165, 1.54) is 12.5 Å². The van der Waals surface area contributed by atoms with E-state index in [2.05, 4.69) is 10.3 Å². The Kier molecular flexibility index (Phi) is 3.78. The molecular formula is C15H19FN2O. The van der Waals surface area contributed by atoms with E-state index in [9.17, 15) is 4.39 Å². The zero-order valence-corrected chi connectivity index (χ0v) is 10.9. The van der Waals surface area contributed by atoms with Gasteiger partial charge in [-0.05, 0) is 31.0 Å². The lowest BCUT2D eigenvalue weighted by molar-refractivity contribution is 0.284. The molecule has 2 heterocycles. The van der Waals surface area contributed by atoms with Crippen molar-refractivity contribution < 1.29 is 9.13 Å². The van der Waals surface area contributed by atoms with Gasteiger partial charge in [0.25, 0.3) is 0 Å². The van der Waals surface area contributed by atoms with Gasteiger partial charge < -0.3 is 10.1 Å². The molecule has 1 aromatic rings. The van der Waals surface area contributed by atoms with Crippen LogP contribution in [0, 0.1) is 11.7 Å². The maximum atomic E-state index is 13.6. The lowest BCUT2D eigenvalue weighted by Gasteiger charge is -2.21. The molecule has 2 aliphatic heterocycles. The summed E-state index contributed by atoms with van der Waals surface area (Å²) in [5.41, 5.74) is 0.725. The van der Waals surface area contributed by atoms with Crippen molar-refractivity contribution in [1.29, 1.82) is 0 Å². The summed E-state index contributed by atoms with van der Waals surface area (Å²) in [5.74, 6) is 1.12. The van der Waals surface area contributed by atoms with Crippen LogP contribution in [0.1, 0.15) is 18.4 Å². The van der Waals surface area contributed by atoms with Gasteiger partial charge in [0.05, 0.1) is 6.04 Å². The lowest BCUT2D eigenvalue weighted by Crippen LogP contribution is -2.34. The summed E-state index contributed by atoms with van der Waals surface area (Å²) < 4.78 is 19.3. The van der Waals surface area contributed by atoms with Gasteiger partial charge in [0.15, 0.2) is 5.90 Å². The predicted molar refractivity (Wildman–Crippen MR) is 72.9 cm³/mol. The Bertz CT molecular complexity index is 469. The molecule has 0 radical (unpaired) electrons. The molecule has 4 heteroatoms. The van der Waals surface area contributed by atoms with E-state index in [0.29, 0.717) is 18.9 Å². The first kappa shape index (κ1) is 12.6. The standard InChI is InChI=1S/C15H19FN2O/c16-14-6-2-1-4-11(14)8-13-10-19-15(18-13)12-5-3-7-17-9-12/h1-2,4,6,12-13,17H,3,5,7-10H2. The van der Waals surface area contributed by atoms with Gasteiger partial charge in [-0.15, -0.1) is 0 Å². The second kappa shape index (κ2) is 5.70. The van der Waals surface area contributed by atoms with Gasteiger partial charge in [-0.2, -0.15) is 0 Å². The molecule has 3 nitrogen and oxygen atoms in total. The van der Waals surface area contributed by atoms with Gasteiger partial charge in [0.2, 0.25) is 0 Å². The van der Waals surface area contributed by atoms with Gasteiger partial charge in [-0.1, -0.05) is 18.2 Å². The summed E-state index contributed by atoms with van der Waals surface area (Å²) in [6, 6.07) is 6.97. The molecular weight excluding hydrogens is 243 g/mol. The van der Waals surface area contributed by atoms with Crippen LogP contribution in [0.15, 0.2) is 29.3 Å². The van der Waals surface area contributed by atoms with Crippen molar-refractivity contribution in [3.63, 3.8) is 0 Å². The number of ether oxygens (including phenoxy) is 1. The van der Waals surface area contributed by atoms with Crippen molar-refractivity contribution in [3.05, 3.63) is 35.6 Å². The summed E-state index contributed by atoms with van der Waals surface area (Å²) in [6.07, 6.45) is 2.93. The zero-order chi connectivity index (χ0) is 13.1. The molecule has 2 aliphatic rings. The maximum Gasteiger partial charge on any atom is 0.188 e. The predicted octanol–water partition coefficient (Wildman–Crippen LogP) is 2.17. The minimum Gasteiger partial charge on any atom is -0.478 e. The van der Waals surface area contributed by atoms with Gasteiger partial charge in [-0.3, -0.25) is 0 Å². The molecule has 19 heavy (non-hydrogen) atoms. The minimum absolute atomic E-state index is 0.0637. The monoisotopic (exact) mass is 262 g/mol. The van der Waals surface area contributed by atoms with Crippen molar-refractivity contribution in [2.24, 2.45) is 10.9 Å². The second-order valence-corrected chi connectivity index (χ2v) is 5.27. The van der Waals surface area contributed by atoms with E-state index in [1.54, 1.807) is 6.07 Å². The molecule has 2 atom stereocenters. The Morgan fingerprint density at radius 3 is 3.05 bits per heavy atom. The fourth-order valence-electron chi connectivity index (χ4n) is 2.74. The molecule has 1 aromatic carbocycles. The van der Waals surface area contributed by atoms with Crippen LogP contribution in [0.5, 0.6) is 0 Å². The summed E-state index contributed by atoms with van der Waals surface area (Å²) >= 11 is 0. The molecule has 1 fully saturated rings. The van der Waals surface area contributed by atoms with Crippen molar-refractivity contribution >= 4 is 5.90 Å². The number of hydrogen-bond acceptors (Lipinski definition) is 3. The highest BCUT2D eigenvalue weighted by molar-refractivity contribution is 5.80. The van der Waals surface area contributed by atoms with Gasteiger partial charge in [0.1, 0.15) is 12.4 Å². The van der Waals surface area contributed by atoms with Crippen LogP contribution in [-0.4, -0.2) is 31.6 Å². The van der Waals surface area contributed by atoms with E-state index < -0.39 is 0 Å². The van der Waals surface area contributed by atoms with E-state index in [0.717, 1.165) is 31.0 Å². The molecule has 1 saturated heterocycles. The number of rotatable bonds is 3. The Labute approximate surface area is 112 Å². The molecule has 102 valence electrons. The third-order valence-electron chi connectivity index (χ3n) is 3.79. The molecule has 1 N–H and O–H groups in total. The Morgan fingerprint density at radius 1 is 1.37 bits per heavy atom. The highest BCUT2D eigenvalue weighted by atomic mass is 19.1. The average Bonchev–Trinajstić information content (AvgIpc) is 2.91. The highest BCUT2D eigenvalue weighted by Gasteiger charge is 2.27. The highest BCUT2D eigenvalue weighted by Crippen LogP contribution is 2.20. The molecule has 0 aromatic heterocycles. The van der Waals surface area contributed by atoms with Crippen LogP contribution in [0.25, 0.3) is 0 Å². The van der Waals surface area contributed by atoms with Gasteiger partial charge in [0, 0.05) is 18.9 Å². The second-order valence-electron chi connectivity index (χ2n) is 5.27. The maximum absolute atomic E-state index is 13.6. The van der Waals surface area contributed by atoms with Crippen LogP contribution in [0.2, 0.25) is 0 Å². The van der Waals surface area contributed by atoms with Crippen molar-refractivity contribution in [2.45, 2.75) is 25.3 Å². The third kappa shape index (κ3) is 2.95. The Morgan fingerprint density at radius 2 is 2.26 bits per heavy atom. The minimum atomic E-state index is -0.148. The number of aliphatic imine (C=N–C) groups is 1. The molecule has 2 unspecified atom stereocenters. The van der Waals surface area contributed by atoms with Crippen LogP contribution < -0.4 is 5.32 Å². The van der Waals surface area contributed by atoms with Crippen LogP contribution in [0.3, 0.4) is 0 Å². The lowest BCUT2D eigenvalue weighted by atomic mass is 9.99. The summed E-state index contributed by atoms with van der Waals surface area (Å²) in [6.45, 7) is 2.62. The normalized spacial score (nSPS) is 26.9. The van der Waals surface area contributed by atoms with Gasteiger partial charge in [-0.25, -0.2) is 9.38 Å². The number of nitrogens with zero attached hydrogens (tertiary/aromatic N) is 1. The fourth-order valence-corrected chi connectivity index (χ4v) is 2.74. The first-order chi connectivity index (χ1) is 9.33. The number of piperidine rings is 1. The number of benzene rings is 1. The Hall–Kier alpha value is -1.42. The number of hydrogen-bond donors (Lipinski definition) is 1.